The predicted molar refractivity (Wildman–Crippen MR) is 58.0 cm³/mol. The van der Waals surface area contributed by atoms with Gasteiger partial charge in [0, 0.05) is 12.3 Å². The number of ether oxygens (including phenoxy) is 1. The number of nitrogens with zero attached hydrogens (tertiary/aromatic N) is 2. The molecule has 2 aromatic rings. The Morgan fingerprint density at radius 3 is 2.50 bits per heavy atom. The number of para-hydroxylation sites is 2. The molecule has 1 aromatic carbocycles. The van der Waals surface area contributed by atoms with E-state index in [2.05, 4.69) is 9.97 Å². The second-order valence-corrected chi connectivity index (χ2v) is 3.36. The number of nitrogens with two attached hydrogens (primary N) is 1. The molecule has 0 atom stereocenters. The molecule has 94 valence electrons. The summed E-state index contributed by atoms with van der Waals surface area (Å²) in [6.45, 7) is 0. The fourth-order valence-corrected chi connectivity index (χ4v) is 1.22. The molecule has 0 unspecified atom stereocenters. The van der Waals surface area contributed by atoms with E-state index in [1.165, 1.54) is 12.1 Å². The summed E-state index contributed by atoms with van der Waals surface area (Å²) in [6.07, 6.45) is -3.63. The SMILES string of the molecule is Nc1ccccc1Oc1ccnc(C(F)(F)F)n1. The zero-order valence-electron chi connectivity index (χ0n) is 8.98. The minimum absolute atomic E-state index is 0.213. The van der Waals surface area contributed by atoms with Crippen molar-refractivity contribution in [2.75, 3.05) is 5.73 Å². The molecule has 2 N–H and O–H groups in total. The first kappa shape index (κ1) is 12.2. The molecular formula is C11H8F3N3O. The second-order valence-electron chi connectivity index (χ2n) is 3.36. The van der Waals surface area contributed by atoms with E-state index < -0.39 is 12.0 Å². The van der Waals surface area contributed by atoms with E-state index in [4.69, 9.17) is 10.5 Å². The number of alkyl halides is 3. The molecule has 0 aliphatic rings. The van der Waals surface area contributed by atoms with E-state index in [-0.39, 0.29) is 11.6 Å². The first-order valence-corrected chi connectivity index (χ1v) is 4.89. The molecule has 2 rings (SSSR count). The molecule has 0 spiro atoms. The Morgan fingerprint density at radius 2 is 1.83 bits per heavy atom. The molecular weight excluding hydrogens is 247 g/mol. The lowest BCUT2D eigenvalue weighted by Crippen LogP contribution is -2.10. The van der Waals surface area contributed by atoms with Crippen LogP contribution in [0.15, 0.2) is 36.5 Å². The highest BCUT2D eigenvalue weighted by Crippen LogP contribution is 2.29. The molecule has 0 fully saturated rings. The van der Waals surface area contributed by atoms with Gasteiger partial charge in [-0.1, -0.05) is 12.1 Å². The Balaban J connectivity index is 2.28. The van der Waals surface area contributed by atoms with Crippen molar-refractivity contribution >= 4 is 5.69 Å². The summed E-state index contributed by atoms with van der Waals surface area (Å²) in [7, 11) is 0. The van der Waals surface area contributed by atoms with Gasteiger partial charge >= 0.3 is 6.18 Å². The number of benzene rings is 1. The number of hydrogen-bond donors (Lipinski definition) is 1. The second kappa shape index (κ2) is 4.52. The van der Waals surface area contributed by atoms with Gasteiger partial charge in [0.05, 0.1) is 5.69 Å². The van der Waals surface area contributed by atoms with E-state index >= 15 is 0 Å². The Kier molecular flexibility index (Phi) is 3.05. The summed E-state index contributed by atoms with van der Waals surface area (Å²) in [5, 5.41) is 0. The van der Waals surface area contributed by atoms with E-state index in [0.717, 1.165) is 6.20 Å². The summed E-state index contributed by atoms with van der Waals surface area (Å²) >= 11 is 0. The summed E-state index contributed by atoms with van der Waals surface area (Å²) in [5.41, 5.74) is 5.91. The van der Waals surface area contributed by atoms with Crippen molar-refractivity contribution in [2.24, 2.45) is 0 Å². The molecule has 7 heteroatoms. The summed E-state index contributed by atoms with van der Waals surface area (Å²) in [4.78, 5) is 6.39. The van der Waals surface area contributed by atoms with E-state index in [0.29, 0.717) is 5.69 Å². The monoisotopic (exact) mass is 255 g/mol. The Hall–Kier alpha value is -2.31. The van der Waals surface area contributed by atoms with Gasteiger partial charge in [0.15, 0.2) is 5.75 Å². The number of nitrogen functional groups attached to an aromatic ring is 1. The van der Waals surface area contributed by atoms with Gasteiger partial charge in [-0.25, -0.2) is 4.98 Å². The number of halogens is 3. The molecule has 18 heavy (non-hydrogen) atoms. The minimum atomic E-state index is -4.61. The quantitative estimate of drug-likeness (QED) is 0.838. The van der Waals surface area contributed by atoms with Crippen LogP contribution >= 0.6 is 0 Å². The van der Waals surface area contributed by atoms with Crippen LogP contribution in [0, 0.1) is 0 Å². The third-order valence-corrected chi connectivity index (χ3v) is 2.02. The number of aromatic nitrogens is 2. The van der Waals surface area contributed by atoms with Crippen LogP contribution in [0.25, 0.3) is 0 Å². The molecule has 1 heterocycles. The molecule has 0 aliphatic heterocycles. The van der Waals surface area contributed by atoms with Crippen LogP contribution in [0.1, 0.15) is 5.82 Å². The summed E-state index contributed by atoms with van der Waals surface area (Å²) < 4.78 is 42.3. The van der Waals surface area contributed by atoms with Crippen LogP contribution in [0.5, 0.6) is 11.6 Å². The van der Waals surface area contributed by atoms with Crippen LogP contribution in [0.2, 0.25) is 0 Å². The van der Waals surface area contributed by atoms with Crippen LogP contribution in [-0.2, 0) is 6.18 Å². The molecule has 0 radical (unpaired) electrons. The normalized spacial score (nSPS) is 11.3. The maximum Gasteiger partial charge on any atom is 0.451 e. The van der Waals surface area contributed by atoms with Gasteiger partial charge in [-0.15, -0.1) is 0 Å². The molecule has 4 nitrogen and oxygen atoms in total. The fourth-order valence-electron chi connectivity index (χ4n) is 1.22. The molecule has 1 aromatic heterocycles. The smallest absolute Gasteiger partial charge is 0.437 e. The van der Waals surface area contributed by atoms with Gasteiger partial charge in [0.25, 0.3) is 0 Å². The highest BCUT2D eigenvalue weighted by Gasteiger charge is 2.34. The zero-order chi connectivity index (χ0) is 13.2. The van der Waals surface area contributed by atoms with Gasteiger partial charge in [-0.05, 0) is 12.1 Å². The van der Waals surface area contributed by atoms with Crippen molar-refractivity contribution in [3.8, 4) is 11.6 Å². The lowest BCUT2D eigenvalue weighted by atomic mass is 10.3. The molecule has 0 saturated carbocycles. The topological polar surface area (TPSA) is 61.0 Å². The van der Waals surface area contributed by atoms with Gasteiger partial charge in [0.1, 0.15) is 0 Å². The fraction of sp³-hybridized carbons (Fsp3) is 0.0909. The molecule has 0 aliphatic carbocycles. The molecule has 0 saturated heterocycles. The summed E-state index contributed by atoms with van der Waals surface area (Å²) in [5.74, 6) is -1.23. The largest absolute Gasteiger partial charge is 0.451 e. The van der Waals surface area contributed by atoms with Crippen molar-refractivity contribution in [3.63, 3.8) is 0 Å². The lowest BCUT2D eigenvalue weighted by Gasteiger charge is -2.09. The highest BCUT2D eigenvalue weighted by atomic mass is 19.4. The van der Waals surface area contributed by atoms with Gasteiger partial charge in [-0.2, -0.15) is 18.2 Å². The van der Waals surface area contributed by atoms with Crippen molar-refractivity contribution in [2.45, 2.75) is 6.18 Å². The third-order valence-electron chi connectivity index (χ3n) is 2.02. The van der Waals surface area contributed by atoms with Crippen molar-refractivity contribution in [3.05, 3.63) is 42.4 Å². The Labute approximate surface area is 100 Å². The van der Waals surface area contributed by atoms with Crippen molar-refractivity contribution in [1.82, 2.24) is 9.97 Å². The number of anilines is 1. The maximum absolute atomic E-state index is 12.4. The van der Waals surface area contributed by atoms with Crippen LogP contribution in [0.3, 0.4) is 0 Å². The van der Waals surface area contributed by atoms with Crippen LogP contribution < -0.4 is 10.5 Å². The predicted octanol–water partition coefficient (Wildman–Crippen LogP) is 2.87. The van der Waals surface area contributed by atoms with Crippen molar-refractivity contribution in [1.29, 1.82) is 0 Å². The number of hydrogen-bond acceptors (Lipinski definition) is 4. The van der Waals surface area contributed by atoms with E-state index in [9.17, 15) is 13.2 Å². The zero-order valence-corrected chi connectivity index (χ0v) is 8.98. The summed E-state index contributed by atoms with van der Waals surface area (Å²) in [6, 6.07) is 7.66. The maximum atomic E-state index is 12.4. The van der Waals surface area contributed by atoms with E-state index in [1.54, 1.807) is 18.2 Å². The van der Waals surface area contributed by atoms with E-state index in [1.807, 2.05) is 0 Å². The average molecular weight is 255 g/mol. The van der Waals surface area contributed by atoms with Crippen LogP contribution in [0.4, 0.5) is 18.9 Å². The van der Waals surface area contributed by atoms with Gasteiger partial charge in [-0.3, -0.25) is 0 Å². The Morgan fingerprint density at radius 1 is 1.11 bits per heavy atom. The van der Waals surface area contributed by atoms with Gasteiger partial charge in [0.2, 0.25) is 11.7 Å². The molecule has 0 amide bonds. The third kappa shape index (κ3) is 2.68. The Bertz CT molecular complexity index is 557. The van der Waals surface area contributed by atoms with Crippen molar-refractivity contribution < 1.29 is 17.9 Å². The minimum Gasteiger partial charge on any atom is -0.437 e. The van der Waals surface area contributed by atoms with Gasteiger partial charge < -0.3 is 10.5 Å². The standard InChI is InChI=1S/C11H8F3N3O/c12-11(13,14)10-16-6-5-9(17-10)18-8-4-2-1-3-7(8)15/h1-6H,15H2. The lowest BCUT2D eigenvalue weighted by molar-refractivity contribution is -0.145. The van der Waals surface area contributed by atoms with Crippen LogP contribution in [-0.4, -0.2) is 9.97 Å². The first-order chi connectivity index (χ1) is 8.47. The first-order valence-electron chi connectivity index (χ1n) is 4.89. The highest BCUT2D eigenvalue weighted by molar-refractivity contribution is 5.52. The molecule has 0 bridgehead atoms. The average Bonchev–Trinajstić information content (AvgIpc) is 2.31. The number of rotatable bonds is 2.